The molecule has 35 heavy (non-hydrogen) atoms. The summed E-state index contributed by atoms with van der Waals surface area (Å²) >= 11 is 20.7. The van der Waals surface area contributed by atoms with Crippen molar-refractivity contribution < 1.29 is 9.47 Å². The van der Waals surface area contributed by atoms with Crippen molar-refractivity contribution in [3.8, 4) is 11.5 Å². The Balaban J connectivity index is 0.000000178. The molecular weight excluding hydrogens is 549 g/mol. The van der Waals surface area contributed by atoms with E-state index in [4.69, 9.17) is 44.3 Å². The highest BCUT2D eigenvalue weighted by Gasteiger charge is 2.13. The van der Waals surface area contributed by atoms with Crippen molar-refractivity contribution in [2.24, 2.45) is 0 Å². The summed E-state index contributed by atoms with van der Waals surface area (Å²) in [6, 6.07) is 9.96. The van der Waals surface area contributed by atoms with Gasteiger partial charge in [0.1, 0.15) is 33.8 Å². The first-order valence-electron chi connectivity index (χ1n) is 10.5. The zero-order valence-electron chi connectivity index (χ0n) is 18.6. The molecule has 0 fully saturated rings. The number of aromatic nitrogens is 4. The van der Waals surface area contributed by atoms with E-state index in [0.29, 0.717) is 24.9 Å². The van der Waals surface area contributed by atoms with Crippen molar-refractivity contribution in [2.45, 2.75) is 20.4 Å². The van der Waals surface area contributed by atoms with Crippen LogP contribution in [0.3, 0.4) is 0 Å². The number of hydrogen-bond donors (Lipinski definition) is 1. The van der Waals surface area contributed by atoms with Crippen LogP contribution in [0.15, 0.2) is 30.3 Å². The summed E-state index contributed by atoms with van der Waals surface area (Å²) in [7, 11) is 0. The molecule has 1 aliphatic heterocycles. The average Bonchev–Trinajstić information content (AvgIpc) is 3.38. The van der Waals surface area contributed by atoms with Crippen LogP contribution in [0.25, 0.3) is 20.4 Å². The minimum Gasteiger partial charge on any atom is -0.486 e. The number of halogens is 3. The van der Waals surface area contributed by atoms with Crippen LogP contribution in [0.2, 0.25) is 15.7 Å². The summed E-state index contributed by atoms with van der Waals surface area (Å²) < 4.78 is 11.1. The number of nitrogens with one attached hydrogen (secondary N) is 1. The van der Waals surface area contributed by atoms with Gasteiger partial charge in [0.2, 0.25) is 10.6 Å². The molecule has 0 saturated heterocycles. The zero-order valence-corrected chi connectivity index (χ0v) is 22.5. The first kappa shape index (κ1) is 24.3. The molecule has 1 aromatic carbocycles. The van der Waals surface area contributed by atoms with E-state index in [2.05, 4.69) is 31.3 Å². The van der Waals surface area contributed by atoms with E-state index in [9.17, 15) is 0 Å². The minimum atomic E-state index is 0.203. The molecule has 7 nitrogen and oxygen atoms in total. The van der Waals surface area contributed by atoms with E-state index in [1.807, 2.05) is 38.1 Å². The Morgan fingerprint density at radius 2 is 1.43 bits per heavy atom. The van der Waals surface area contributed by atoms with Crippen molar-refractivity contribution in [2.75, 3.05) is 18.5 Å². The Morgan fingerprint density at radius 1 is 0.800 bits per heavy atom. The van der Waals surface area contributed by atoms with Gasteiger partial charge in [-0.15, -0.1) is 22.7 Å². The average molecular weight is 567 g/mol. The lowest BCUT2D eigenvalue weighted by Gasteiger charge is -2.19. The number of benzene rings is 1. The van der Waals surface area contributed by atoms with Gasteiger partial charge in [0.05, 0.1) is 5.39 Å². The van der Waals surface area contributed by atoms with Gasteiger partial charge in [0.25, 0.3) is 0 Å². The van der Waals surface area contributed by atoms with E-state index >= 15 is 0 Å². The number of anilines is 1. The molecular formula is C23H18Cl3N5O2S2. The van der Waals surface area contributed by atoms with Crippen molar-refractivity contribution in [1.82, 2.24) is 19.9 Å². The predicted molar refractivity (Wildman–Crippen MR) is 144 cm³/mol. The number of fused-ring (bicyclic) bond motifs is 3. The highest BCUT2D eigenvalue weighted by Crippen LogP contribution is 2.33. The van der Waals surface area contributed by atoms with Gasteiger partial charge in [-0.05, 0) is 66.9 Å². The topological polar surface area (TPSA) is 82.1 Å². The Labute approximate surface area is 224 Å². The molecule has 4 aromatic heterocycles. The van der Waals surface area contributed by atoms with E-state index in [1.165, 1.54) is 4.88 Å². The second-order valence-electron chi connectivity index (χ2n) is 7.61. The maximum atomic E-state index is 6.02. The van der Waals surface area contributed by atoms with Gasteiger partial charge in [-0.2, -0.15) is 0 Å². The molecule has 0 saturated carbocycles. The van der Waals surface area contributed by atoms with Crippen LogP contribution in [0.1, 0.15) is 15.3 Å². The van der Waals surface area contributed by atoms with Gasteiger partial charge in [-0.1, -0.05) is 17.7 Å². The van der Waals surface area contributed by atoms with Crippen LogP contribution in [0.4, 0.5) is 5.82 Å². The lowest BCUT2D eigenvalue weighted by atomic mass is 10.2. The van der Waals surface area contributed by atoms with Gasteiger partial charge in [0, 0.05) is 21.7 Å². The quantitative estimate of drug-likeness (QED) is 0.181. The first-order chi connectivity index (χ1) is 16.9. The molecule has 5 aromatic rings. The fourth-order valence-electron chi connectivity index (χ4n) is 3.52. The molecule has 0 spiro atoms. The van der Waals surface area contributed by atoms with Crippen LogP contribution in [0.5, 0.6) is 11.5 Å². The Bertz CT molecular complexity index is 1540. The van der Waals surface area contributed by atoms with Gasteiger partial charge in [-0.3, -0.25) is 0 Å². The molecule has 1 N–H and O–H groups in total. The number of rotatable bonds is 3. The predicted octanol–water partition coefficient (Wildman–Crippen LogP) is 7.34. The van der Waals surface area contributed by atoms with Crippen molar-refractivity contribution in [3.63, 3.8) is 0 Å². The molecule has 6 rings (SSSR count). The second kappa shape index (κ2) is 10.3. The molecule has 1 aliphatic rings. The fourth-order valence-corrected chi connectivity index (χ4v) is 6.04. The SMILES string of the molecule is Cc1cc2c(Cl)nc(Cl)nc2s1.Cc1cc2c(NCc3ccc4c(c3)OCCO4)nc(Cl)nc2s1. The summed E-state index contributed by atoms with van der Waals surface area (Å²) in [5.41, 5.74) is 1.09. The number of thiophene rings is 2. The van der Waals surface area contributed by atoms with Gasteiger partial charge >= 0.3 is 0 Å². The summed E-state index contributed by atoms with van der Waals surface area (Å²) in [5, 5.41) is 6.09. The molecule has 5 heterocycles. The molecule has 0 unspecified atom stereocenters. The van der Waals surface area contributed by atoms with Crippen LogP contribution in [-0.2, 0) is 6.54 Å². The van der Waals surface area contributed by atoms with E-state index in [0.717, 1.165) is 48.2 Å². The Kier molecular flexibility index (Phi) is 7.13. The zero-order chi connectivity index (χ0) is 24.5. The lowest BCUT2D eigenvalue weighted by molar-refractivity contribution is 0.171. The third kappa shape index (κ3) is 5.54. The Hall–Kier alpha value is -2.43. The monoisotopic (exact) mass is 565 g/mol. The summed E-state index contributed by atoms with van der Waals surface area (Å²) in [6.45, 7) is 5.84. The third-order valence-electron chi connectivity index (χ3n) is 5.00. The van der Waals surface area contributed by atoms with Gasteiger partial charge in [0.15, 0.2) is 11.5 Å². The third-order valence-corrected chi connectivity index (χ3v) is 7.51. The van der Waals surface area contributed by atoms with E-state index < -0.39 is 0 Å². The van der Waals surface area contributed by atoms with Crippen LogP contribution >= 0.6 is 57.5 Å². The van der Waals surface area contributed by atoms with Crippen molar-refractivity contribution in [1.29, 1.82) is 0 Å². The summed E-state index contributed by atoms with van der Waals surface area (Å²) in [4.78, 5) is 20.5. The summed E-state index contributed by atoms with van der Waals surface area (Å²) in [6.07, 6.45) is 0. The fraction of sp³-hybridized carbons (Fsp3) is 0.217. The molecule has 0 bridgehead atoms. The van der Waals surface area contributed by atoms with Crippen molar-refractivity contribution in [3.05, 3.63) is 61.4 Å². The van der Waals surface area contributed by atoms with Crippen LogP contribution in [0, 0.1) is 13.8 Å². The molecule has 0 radical (unpaired) electrons. The minimum absolute atomic E-state index is 0.203. The maximum absolute atomic E-state index is 6.02. The number of nitrogens with zero attached hydrogens (tertiary/aromatic N) is 4. The second-order valence-corrected chi connectivity index (χ2v) is 11.1. The number of hydrogen-bond acceptors (Lipinski definition) is 9. The van der Waals surface area contributed by atoms with E-state index in [-0.39, 0.29) is 10.6 Å². The Morgan fingerprint density at radius 3 is 2.17 bits per heavy atom. The smallest absolute Gasteiger partial charge is 0.225 e. The van der Waals surface area contributed by atoms with Crippen LogP contribution < -0.4 is 14.8 Å². The molecule has 180 valence electrons. The molecule has 0 amide bonds. The lowest BCUT2D eigenvalue weighted by Crippen LogP contribution is -2.15. The normalized spacial score (nSPS) is 12.5. The standard InChI is InChI=1S/C16H14ClN3O2S.C7H4Cl2N2S/c1-9-6-11-14(19-16(17)20-15(11)23-9)18-8-10-2-3-12-13(7-10)22-5-4-21-12;1-3-2-4-5(8)10-7(9)11-6(4)12-3/h2-3,6-7H,4-5,8H2,1H3,(H,18,19,20);2H,1H3. The molecule has 0 aliphatic carbocycles. The molecule has 0 atom stereocenters. The number of aryl methyl sites for hydroxylation is 2. The maximum Gasteiger partial charge on any atom is 0.225 e. The largest absolute Gasteiger partial charge is 0.486 e. The highest BCUT2D eigenvalue weighted by molar-refractivity contribution is 7.19. The first-order valence-corrected chi connectivity index (χ1v) is 13.3. The molecule has 12 heteroatoms. The highest BCUT2D eigenvalue weighted by atomic mass is 35.5. The number of ether oxygens (including phenoxy) is 2. The van der Waals surface area contributed by atoms with Crippen LogP contribution in [-0.4, -0.2) is 33.1 Å². The summed E-state index contributed by atoms with van der Waals surface area (Å²) in [5.74, 6) is 2.33. The van der Waals surface area contributed by atoms with E-state index in [1.54, 1.807) is 22.7 Å². The van der Waals surface area contributed by atoms with Gasteiger partial charge in [-0.25, -0.2) is 19.9 Å². The van der Waals surface area contributed by atoms with Crippen molar-refractivity contribution >= 4 is 83.7 Å². The van der Waals surface area contributed by atoms with Gasteiger partial charge < -0.3 is 14.8 Å².